The number of nitrogens with zero attached hydrogens (tertiary/aromatic N) is 1. The van der Waals surface area contributed by atoms with Crippen LogP contribution in [0, 0.1) is 25.2 Å². The van der Waals surface area contributed by atoms with Crippen molar-refractivity contribution < 1.29 is 18.7 Å². The number of esters is 1. The van der Waals surface area contributed by atoms with E-state index in [1.165, 1.54) is 6.07 Å². The van der Waals surface area contributed by atoms with Gasteiger partial charge in [-0.25, -0.2) is 9.59 Å². The average molecular weight is 377 g/mol. The second-order valence-corrected chi connectivity index (χ2v) is 6.48. The Morgan fingerprint density at radius 1 is 1.18 bits per heavy atom. The summed E-state index contributed by atoms with van der Waals surface area (Å²) in [6.45, 7) is 5.32. The van der Waals surface area contributed by atoms with Gasteiger partial charge in [-0.2, -0.15) is 5.26 Å². The highest BCUT2D eigenvalue weighted by Crippen LogP contribution is 2.24. The third-order valence-corrected chi connectivity index (χ3v) is 4.52. The summed E-state index contributed by atoms with van der Waals surface area (Å²) >= 11 is 0. The molecule has 1 aromatic heterocycles. The first-order valence-corrected chi connectivity index (χ1v) is 8.75. The summed E-state index contributed by atoms with van der Waals surface area (Å²) in [5.41, 5.74) is 2.97. The van der Waals surface area contributed by atoms with Crippen LogP contribution in [0.1, 0.15) is 29.2 Å². The summed E-state index contributed by atoms with van der Waals surface area (Å²) in [4.78, 5) is 24.2. The Hall–Kier alpha value is -3.59. The highest BCUT2D eigenvalue weighted by Gasteiger charge is 2.18. The fourth-order valence-electron chi connectivity index (χ4n) is 2.77. The second kappa shape index (κ2) is 7.97. The third-order valence-electron chi connectivity index (χ3n) is 4.52. The van der Waals surface area contributed by atoms with Gasteiger partial charge in [-0.15, -0.1) is 0 Å². The van der Waals surface area contributed by atoms with Crippen molar-refractivity contribution >= 4 is 16.9 Å². The first kappa shape index (κ1) is 19.2. The number of carbonyl (C=O) groups is 1. The van der Waals surface area contributed by atoms with Gasteiger partial charge in [0.05, 0.1) is 11.6 Å². The van der Waals surface area contributed by atoms with E-state index in [0.717, 1.165) is 16.5 Å². The minimum Gasteiger partial charge on any atom is -0.479 e. The van der Waals surface area contributed by atoms with E-state index in [2.05, 4.69) is 0 Å². The molecule has 3 rings (SSSR count). The summed E-state index contributed by atoms with van der Waals surface area (Å²) in [5.74, 6) is -0.102. The molecule has 0 amide bonds. The van der Waals surface area contributed by atoms with Crippen LogP contribution >= 0.6 is 0 Å². The van der Waals surface area contributed by atoms with Gasteiger partial charge in [0, 0.05) is 17.0 Å². The van der Waals surface area contributed by atoms with Gasteiger partial charge < -0.3 is 13.9 Å². The van der Waals surface area contributed by atoms with Crippen molar-refractivity contribution in [3.63, 3.8) is 0 Å². The molecule has 2 aromatic carbocycles. The first-order valence-electron chi connectivity index (χ1n) is 8.75. The normalized spacial score (nSPS) is 11.6. The van der Waals surface area contributed by atoms with Gasteiger partial charge in [0.25, 0.3) is 0 Å². The molecular formula is C22H19NO5. The minimum atomic E-state index is -0.844. The average Bonchev–Trinajstić information content (AvgIpc) is 2.69. The molecule has 0 unspecified atom stereocenters. The lowest BCUT2D eigenvalue weighted by Gasteiger charge is -2.15. The number of hydrogen-bond acceptors (Lipinski definition) is 6. The maximum Gasteiger partial charge on any atom is 0.347 e. The Balaban J connectivity index is 1.72. The Morgan fingerprint density at radius 3 is 2.57 bits per heavy atom. The van der Waals surface area contributed by atoms with Gasteiger partial charge in [-0.1, -0.05) is 12.1 Å². The third kappa shape index (κ3) is 4.04. The Bertz CT molecular complexity index is 1120. The molecule has 6 heteroatoms. The molecule has 0 aliphatic carbocycles. The van der Waals surface area contributed by atoms with E-state index in [-0.39, 0.29) is 6.61 Å². The monoisotopic (exact) mass is 377 g/mol. The molecule has 28 heavy (non-hydrogen) atoms. The fourth-order valence-corrected chi connectivity index (χ4v) is 2.77. The van der Waals surface area contributed by atoms with Crippen molar-refractivity contribution in [2.24, 2.45) is 0 Å². The molecule has 0 N–H and O–H groups in total. The zero-order valence-corrected chi connectivity index (χ0v) is 15.8. The Morgan fingerprint density at radius 2 is 1.89 bits per heavy atom. The number of nitriles is 1. The van der Waals surface area contributed by atoms with Crippen molar-refractivity contribution in [2.75, 3.05) is 0 Å². The van der Waals surface area contributed by atoms with Crippen LogP contribution in [0.2, 0.25) is 0 Å². The van der Waals surface area contributed by atoms with E-state index < -0.39 is 17.7 Å². The van der Waals surface area contributed by atoms with Crippen molar-refractivity contribution in [3.8, 4) is 11.8 Å². The zero-order chi connectivity index (χ0) is 20.3. The van der Waals surface area contributed by atoms with Gasteiger partial charge in [0.2, 0.25) is 0 Å². The minimum absolute atomic E-state index is 0.0650. The summed E-state index contributed by atoms with van der Waals surface area (Å²) in [6.07, 6.45) is -0.844. The molecule has 0 aliphatic heterocycles. The quantitative estimate of drug-likeness (QED) is 0.496. The van der Waals surface area contributed by atoms with Crippen molar-refractivity contribution in [3.05, 3.63) is 75.1 Å². The van der Waals surface area contributed by atoms with Crippen LogP contribution in [0.3, 0.4) is 0 Å². The van der Waals surface area contributed by atoms with Crippen LogP contribution in [0.4, 0.5) is 0 Å². The molecular weight excluding hydrogens is 358 g/mol. The van der Waals surface area contributed by atoms with Gasteiger partial charge in [0.1, 0.15) is 17.9 Å². The summed E-state index contributed by atoms with van der Waals surface area (Å²) in [6, 6.07) is 13.6. The zero-order valence-electron chi connectivity index (χ0n) is 15.8. The van der Waals surface area contributed by atoms with E-state index in [1.54, 1.807) is 31.2 Å². The summed E-state index contributed by atoms with van der Waals surface area (Å²) in [7, 11) is 0. The maximum absolute atomic E-state index is 12.3. The molecule has 1 heterocycles. The van der Waals surface area contributed by atoms with Gasteiger partial charge in [-0.3, -0.25) is 0 Å². The molecule has 0 radical (unpaired) electrons. The predicted octanol–water partition coefficient (Wildman–Crippen LogP) is 3.79. The maximum atomic E-state index is 12.3. The molecule has 6 nitrogen and oxygen atoms in total. The largest absolute Gasteiger partial charge is 0.479 e. The topological polar surface area (TPSA) is 89.5 Å². The molecule has 1 atom stereocenters. The lowest BCUT2D eigenvalue weighted by molar-refractivity contribution is -0.152. The van der Waals surface area contributed by atoms with E-state index in [1.807, 2.05) is 32.0 Å². The van der Waals surface area contributed by atoms with Crippen LogP contribution < -0.4 is 10.4 Å². The van der Waals surface area contributed by atoms with E-state index in [9.17, 15) is 9.59 Å². The number of carbonyl (C=O) groups excluding carboxylic acids is 1. The molecule has 0 spiro atoms. The number of hydrogen-bond donors (Lipinski definition) is 0. The summed E-state index contributed by atoms with van der Waals surface area (Å²) in [5, 5.41) is 9.54. The number of ether oxygens (including phenoxy) is 2. The molecule has 3 aromatic rings. The molecule has 0 fully saturated rings. The first-order chi connectivity index (χ1) is 13.4. The summed E-state index contributed by atoms with van der Waals surface area (Å²) < 4.78 is 16.2. The lowest BCUT2D eigenvalue weighted by Crippen LogP contribution is -2.26. The standard InChI is InChI=1S/C22H19NO5/c1-13-4-9-19-17(10-20(24)28-21(19)14(13)2)12-26-22(25)15(3)27-18-7-5-16(11-23)6-8-18/h4-10,15H,12H2,1-3H3/t15-/m0/s1. The molecule has 142 valence electrons. The molecule has 0 bridgehead atoms. The highest BCUT2D eigenvalue weighted by atomic mass is 16.6. The van der Waals surface area contributed by atoms with Crippen LogP contribution in [-0.2, 0) is 16.1 Å². The second-order valence-electron chi connectivity index (χ2n) is 6.48. The molecule has 0 saturated heterocycles. The van der Waals surface area contributed by atoms with Crippen LogP contribution in [0.5, 0.6) is 5.75 Å². The molecule has 0 aliphatic rings. The number of rotatable bonds is 5. The number of fused-ring (bicyclic) bond motifs is 1. The van der Waals surface area contributed by atoms with Crippen molar-refractivity contribution in [1.29, 1.82) is 5.26 Å². The van der Waals surface area contributed by atoms with Crippen LogP contribution in [0.25, 0.3) is 11.0 Å². The van der Waals surface area contributed by atoms with Crippen LogP contribution in [0.15, 0.2) is 51.7 Å². The van der Waals surface area contributed by atoms with Crippen molar-refractivity contribution in [1.82, 2.24) is 0 Å². The van der Waals surface area contributed by atoms with E-state index >= 15 is 0 Å². The van der Waals surface area contributed by atoms with Gasteiger partial charge in [-0.05, 0) is 56.2 Å². The van der Waals surface area contributed by atoms with E-state index in [0.29, 0.717) is 22.5 Å². The van der Waals surface area contributed by atoms with E-state index in [4.69, 9.17) is 19.2 Å². The van der Waals surface area contributed by atoms with Gasteiger partial charge in [0.15, 0.2) is 6.10 Å². The Kier molecular flexibility index (Phi) is 5.46. The SMILES string of the molecule is Cc1ccc2c(COC(=O)[C@H](C)Oc3ccc(C#N)cc3)cc(=O)oc2c1C. The lowest BCUT2D eigenvalue weighted by atomic mass is 10.0. The smallest absolute Gasteiger partial charge is 0.347 e. The molecule has 0 saturated carbocycles. The highest BCUT2D eigenvalue weighted by molar-refractivity contribution is 5.84. The Labute approximate surface area is 161 Å². The predicted molar refractivity (Wildman–Crippen MR) is 103 cm³/mol. The van der Waals surface area contributed by atoms with Crippen LogP contribution in [-0.4, -0.2) is 12.1 Å². The van der Waals surface area contributed by atoms with Gasteiger partial charge >= 0.3 is 11.6 Å². The fraction of sp³-hybridized carbons (Fsp3) is 0.227. The van der Waals surface area contributed by atoms with Crippen molar-refractivity contribution in [2.45, 2.75) is 33.5 Å². The number of aryl methyl sites for hydroxylation is 2. The number of benzene rings is 2.